The van der Waals surface area contributed by atoms with Crippen molar-refractivity contribution in [3.8, 4) is 0 Å². The minimum absolute atomic E-state index is 0.819. The molecule has 2 aromatic rings. The average Bonchev–Trinajstić information content (AvgIpc) is 2.36. The second-order valence-electron chi connectivity index (χ2n) is 4.94. The fourth-order valence-electron chi connectivity index (χ4n) is 2.10. The minimum atomic E-state index is 0.819. The first-order valence-corrected chi connectivity index (χ1v) is 7.09. The van der Waals surface area contributed by atoms with Gasteiger partial charge in [0.15, 0.2) is 0 Å². The lowest BCUT2D eigenvalue weighted by Gasteiger charge is -2.23. The number of nitrogens with zero attached hydrogens (tertiary/aromatic N) is 1. The first-order valence-electron chi connectivity index (χ1n) is 6.30. The van der Waals surface area contributed by atoms with Gasteiger partial charge in [0.05, 0.1) is 5.69 Å². The van der Waals surface area contributed by atoms with E-state index in [4.69, 9.17) is 5.73 Å². The molecule has 0 radical (unpaired) electrons. The Kier molecular flexibility index (Phi) is 4.15. The molecule has 2 N–H and O–H groups in total. The van der Waals surface area contributed by atoms with Crippen LogP contribution in [0.15, 0.2) is 40.9 Å². The molecule has 0 spiro atoms. The summed E-state index contributed by atoms with van der Waals surface area (Å²) in [6, 6.07) is 12.6. The molecule has 3 heteroatoms. The van der Waals surface area contributed by atoms with E-state index in [0.717, 1.165) is 28.0 Å². The van der Waals surface area contributed by atoms with Crippen LogP contribution in [0.3, 0.4) is 0 Å². The molecule has 0 unspecified atom stereocenters. The Bertz CT molecular complexity index is 593. The van der Waals surface area contributed by atoms with E-state index in [2.05, 4.69) is 65.1 Å². The monoisotopic (exact) mass is 318 g/mol. The van der Waals surface area contributed by atoms with Gasteiger partial charge >= 0.3 is 0 Å². The van der Waals surface area contributed by atoms with E-state index in [0.29, 0.717) is 0 Å². The average molecular weight is 319 g/mol. The molecule has 0 bridgehead atoms. The Morgan fingerprint density at radius 3 is 2.47 bits per heavy atom. The van der Waals surface area contributed by atoms with Crippen molar-refractivity contribution in [3.63, 3.8) is 0 Å². The number of aryl methyl sites for hydroxylation is 2. The molecular formula is C16H19BrN2. The second-order valence-corrected chi connectivity index (χ2v) is 5.80. The summed E-state index contributed by atoms with van der Waals surface area (Å²) in [5.41, 5.74) is 11.7. The van der Waals surface area contributed by atoms with Crippen molar-refractivity contribution in [2.45, 2.75) is 20.4 Å². The highest BCUT2D eigenvalue weighted by molar-refractivity contribution is 9.10. The standard InChI is InChI=1S/C16H19BrN2/c1-11-6-4-5-7-13(11)10-19(3)16-8-12(2)15(18)9-14(16)17/h4-9H,10,18H2,1-3H3. The number of hydrogen-bond donors (Lipinski definition) is 1. The van der Waals surface area contributed by atoms with E-state index < -0.39 is 0 Å². The third-order valence-corrected chi connectivity index (χ3v) is 4.05. The van der Waals surface area contributed by atoms with Gasteiger partial charge in [0.2, 0.25) is 0 Å². The van der Waals surface area contributed by atoms with Crippen molar-refractivity contribution < 1.29 is 0 Å². The van der Waals surface area contributed by atoms with E-state index in [1.165, 1.54) is 11.1 Å². The fourth-order valence-corrected chi connectivity index (χ4v) is 2.77. The number of nitrogens with two attached hydrogens (primary N) is 1. The van der Waals surface area contributed by atoms with Crippen LogP contribution in [0, 0.1) is 13.8 Å². The Hall–Kier alpha value is -1.48. The summed E-state index contributed by atoms with van der Waals surface area (Å²) in [4.78, 5) is 2.23. The van der Waals surface area contributed by atoms with Crippen molar-refractivity contribution in [3.05, 3.63) is 57.6 Å². The molecule has 2 rings (SSSR count). The van der Waals surface area contributed by atoms with Gasteiger partial charge in [0.25, 0.3) is 0 Å². The maximum absolute atomic E-state index is 5.92. The molecule has 0 amide bonds. The van der Waals surface area contributed by atoms with Crippen molar-refractivity contribution >= 4 is 27.3 Å². The number of anilines is 2. The smallest absolute Gasteiger partial charge is 0.0515 e. The summed E-state index contributed by atoms with van der Waals surface area (Å²) in [6.45, 7) is 5.06. The molecule has 0 aliphatic rings. The van der Waals surface area contributed by atoms with Gasteiger partial charge in [0.1, 0.15) is 0 Å². The van der Waals surface area contributed by atoms with Crippen LogP contribution in [0.25, 0.3) is 0 Å². The molecule has 0 atom stereocenters. The molecule has 0 aromatic heterocycles. The lowest BCUT2D eigenvalue weighted by molar-refractivity contribution is 0.910. The van der Waals surface area contributed by atoms with Crippen LogP contribution in [-0.2, 0) is 6.54 Å². The lowest BCUT2D eigenvalue weighted by atomic mass is 10.1. The summed E-state index contributed by atoms with van der Waals surface area (Å²) < 4.78 is 1.03. The summed E-state index contributed by atoms with van der Waals surface area (Å²) >= 11 is 3.59. The van der Waals surface area contributed by atoms with E-state index in [1.54, 1.807) is 0 Å². The van der Waals surface area contributed by atoms with Crippen molar-refractivity contribution in [1.82, 2.24) is 0 Å². The molecule has 19 heavy (non-hydrogen) atoms. The molecule has 100 valence electrons. The zero-order valence-corrected chi connectivity index (χ0v) is 13.2. The van der Waals surface area contributed by atoms with Crippen LogP contribution < -0.4 is 10.6 Å². The third kappa shape index (κ3) is 3.10. The SMILES string of the molecule is Cc1cc(N(C)Cc2ccccc2C)c(Br)cc1N. The summed E-state index contributed by atoms with van der Waals surface area (Å²) in [5, 5.41) is 0. The van der Waals surface area contributed by atoms with Gasteiger partial charge in [-0.3, -0.25) is 0 Å². The number of halogens is 1. The summed E-state index contributed by atoms with van der Waals surface area (Å²) in [6.07, 6.45) is 0. The molecule has 0 saturated heterocycles. The van der Waals surface area contributed by atoms with Gasteiger partial charge in [-0.05, 0) is 58.6 Å². The normalized spacial score (nSPS) is 10.5. The maximum Gasteiger partial charge on any atom is 0.0515 e. The van der Waals surface area contributed by atoms with E-state index in [1.807, 2.05) is 13.0 Å². The zero-order valence-electron chi connectivity index (χ0n) is 11.6. The van der Waals surface area contributed by atoms with Crippen LogP contribution >= 0.6 is 15.9 Å². The largest absolute Gasteiger partial charge is 0.398 e. The summed E-state index contributed by atoms with van der Waals surface area (Å²) in [7, 11) is 2.10. The number of hydrogen-bond acceptors (Lipinski definition) is 2. The van der Waals surface area contributed by atoms with E-state index in [9.17, 15) is 0 Å². The fraction of sp³-hybridized carbons (Fsp3) is 0.250. The molecule has 0 saturated carbocycles. The van der Waals surface area contributed by atoms with E-state index in [-0.39, 0.29) is 0 Å². The highest BCUT2D eigenvalue weighted by atomic mass is 79.9. The van der Waals surface area contributed by atoms with Gasteiger partial charge in [-0.25, -0.2) is 0 Å². The summed E-state index contributed by atoms with van der Waals surface area (Å²) in [5.74, 6) is 0. The number of benzene rings is 2. The first kappa shape index (κ1) is 13.9. The first-order chi connectivity index (χ1) is 8.99. The van der Waals surface area contributed by atoms with Crippen LogP contribution in [-0.4, -0.2) is 7.05 Å². The van der Waals surface area contributed by atoms with E-state index >= 15 is 0 Å². The molecule has 0 heterocycles. The van der Waals surface area contributed by atoms with Crippen LogP contribution in [0.5, 0.6) is 0 Å². The number of nitrogen functional groups attached to an aromatic ring is 1. The van der Waals surface area contributed by atoms with Crippen LogP contribution in [0.4, 0.5) is 11.4 Å². The van der Waals surface area contributed by atoms with Gasteiger partial charge < -0.3 is 10.6 Å². The van der Waals surface area contributed by atoms with Gasteiger partial charge in [-0.15, -0.1) is 0 Å². The van der Waals surface area contributed by atoms with Crippen molar-refractivity contribution in [2.24, 2.45) is 0 Å². The van der Waals surface area contributed by atoms with Crippen molar-refractivity contribution in [1.29, 1.82) is 0 Å². The third-order valence-electron chi connectivity index (χ3n) is 3.42. The second kappa shape index (κ2) is 5.66. The Balaban J connectivity index is 2.28. The zero-order chi connectivity index (χ0) is 14.0. The maximum atomic E-state index is 5.92. The van der Waals surface area contributed by atoms with Crippen molar-refractivity contribution in [2.75, 3.05) is 17.7 Å². The Morgan fingerprint density at radius 2 is 1.79 bits per heavy atom. The molecule has 0 aliphatic heterocycles. The van der Waals surface area contributed by atoms with Gasteiger partial charge in [-0.1, -0.05) is 24.3 Å². The Labute approximate surface area is 123 Å². The lowest BCUT2D eigenvalue weighted by Crippen LogP contribution is -2.17. The predicted molar refractivity (Wildman–Crippen MR) is 86.6 cm³/mol. The number of rotatable bonds is 3. The highest BCUT2D eigenvalue weighted by Gasteiger charge is 2.09. The van der Waals surface area contributed by atoms with Gasteiger partial charge in [0, 0.05) is 23.8 Å². The predicted octanol–water partition coefficient (Wildman–Crippen LogP) is 4.28. The molecule has 0 fully saturated rings. The highest BCUT2D eigenvalue weighted by Crippen LogP contribution is 2.31. The topological polar surface area (TPSA) is 29.3 Å². The molecular weight excluding hydrogens is 300 g/mol. The Morgan fingerprint density at radius 1 is 1.11 bits per heavy atom. The van der Waals surface area contributed by atoms with Gasteiger partial charge in [-0.2, -0.15) is 0 Å². The molecule has 2 nitrogen and oxygen atoms in total. The quantitative estimate of drug-likeness (QED) is 0.856. The van der Waals surface area contributed by atoms with Crippen LogP contribution in [0.2, 0.25) is 0 Å². The molecule has 2 aromatic carbocycles. The van der Waals surface area contributed by atoms with Crippen LogP contribution in [0.1, 0.15) is 16.7 Å². The molecule has 0 aliphatic carbocycles. The minimum Gasteiger partial charge on any atom is -0.398 e.